The largest absolute Gasteiger partial charge is 0.460 e. The maximum absolute atomic E-state index is 13.4. The zero-order valence-electron chi connectivity index (χ0n) is 10.9. The molecule has 0 spiro atoms. The van der Waals surface area contributed by atoms with Gasteiger partial charge in [0.05, 0.1) is 0 Å². The van der Waals surface area contributed by atoms with Gasteiger partial charge in [-0.2, -0.15) is 43.5 Å². The van der Waals surface area contributed by atoms with Crippen LogP contribution in [0, 0.1) is 0 Å². The number of ether oxygens (including phenoxy) is 1. The highest BCUT2D eigenvalue weighted by molar-refractivity contribution is 8.00. The third kappa shape index (κ3) is 4.10. The first kappa shape index (κ1) is 20.9. The Hall–Kier alpha value is -1.12. The number of alkyl halides is 8. The fourth-order valence-electron chi connectivity index (χ4n) is 1.13. The summed E-state index contributed by atoms with van der Waals surface area (Å²) in [7, 11) is -6.93. The van der Waals surface area contributed by atoms with Crippen LogP contribution in [0.3, 0.4) is 0 Å². The molecule has 14 heteroatoms. The summed E-state index contributed by atoms with van der Waals surface area (Å²) in [6, 6.07) is 5.37. The maximum Gasteiger partial charge on any atom is 0.460 e. The molecule has 0 unspecified atom stereocenters. The number of rotatable bonds is 7. The van der Waals surface area contributed by atoms with Crippen LogP contribution in [0.5, 0.6) is 0 Å². The van der Waals surface area contributed by atoms with Crippen LogP contribution in [0.25, 0.3) is 0 Å². The van der Waals surface area contributed by atoms with E-state index in [2.05, 4.69) is 4.74 Å². The summed E-state index contributed by atoms with van der Waals surface area (Å²) in [6.07, 6.45) is -12.9. The Bertz CT molecular complexity index is 677. The van der Waals surface area contributed by atoms with Crippen LogP contribution in [-0.4, -0.2) is 35.7 Å². The number of thioether (sulfide) groups is 1. The summed E-state index contributed by atoms with van der Waals surface area (Å²) < 4.78 is 135. The van der Waals surface area contributed by atoms with Crippen molar-refractivity contribution in [1.29, 1.82) is 0 Å². The average molecular weight is 406 g/mol. The molecule has 4 nitrogen and oxygen atoms in total. The Morgan fingerprint density at radius 1 is 0.875 bits per heavy atom. The zero-order valence-corrected chi connectivity index (χ0v) is 12.5. The van der Waals surface area contributed by atoms with E-state index in [9.17, 15) is 43.5 Å². The number of benzene rings is 1. The van der Waals surface area contributed by atoms with Crippen molar-refractivity contribution in [3.8, 4) is 0 Å². The predicted molar refractivity (Wildman–Crippen MR) is 64.7 cm³/mol. The number of hydrogen-bond acceptors (Lipinski definition) is 4. The molecule has 0 fully saturated rings. The topological polar surface area (TPSA) is 63.6 Å². The maximum atomic E-state index is 13.4. The summed E-state index contributed by atoms with van der Waals surface area (Å²) >= 11 is -0.987. The SMILES string of the molecule is O=S(=O)(O)C(F)(F)C(F)(F)OC(F)(F)C(F)(F)Sc1ccccc1. The number of hydrogen-bond donors (Lipinski definition) is 1. The van der Waals surface area contributed by atoms with E-state index in [4.69, 9.17) is 4.55 Å². The van der Waals surface area contributed by atoms with Crippen molar-refractivity contribution in [2.45, 2.75) is 27.6 Å². The standard InChI is InChI=1S/C10H6F8O4S2/c11-7(12,9(15,16)23-6-4-2-1-3-5-6)22-8(13,14)10(17,18)24(19,20)21/h1-5H,(H,19,20,21). The molecule has 0 saturated heterocycles. The summed E-state index contributed by atoms with van der Waals surface area (Å²) in [4.78, 5) is -0.546. The van der Waals surface area contributed by atoms with Crippen molar-refractivity contribution in [2.24, 2.45) is 0 Å². The van der Waals surface area contributed by atoms with Gasteiger partial charge in [0, 0.05) is 4.90 Å². The van der Waals surface area contributed by atoms with E-state index in [1.54, 1.807) is 0 Å². The molecule has 0 aromatic heterocycles. The molecule has 24 heavy (non-hydrogen) atoms. The molecule has 0 aliphatic heterocycles. The molecule has 0 radical (unpaired) electrons. The Morgan fingerprint density at radius 3 is 1.75 bits per heavy atom. The molecule has 1 aromatic carbocycles. The van der Waals surface area contributed by atoms with Crippen molar-refractivity contribution >= 4 is 21.9 Å². The van der Waals surface area contributed by atoms with Crippen molar-refractivity contribution in [3.63, 3.8) is 0 Å². The third-order valence-electron chi connectivity index (χ3n) is 2.25. The first-order valence-corrected chi connectivity index (χ1v) is 7.72. The van der Waals surface area contributed by atoms with Gasteiger partial charge in [0.2, 0.25) is 0 Å². The van der Waals surface area contributed by atoms with Crippen LogP contribution in [0.4, 0.5) is 35.1 Å². The lowest BCUT2D eigenvalue weighted by Crippen LogP contribution is -2.55. The summed E-state index contributed by atoms with van der Waals surface area (Å²) in [5, 5.41) is -12.1. The first-order valence-electron chi connectivity index (χ1n) is 5.46. The highest BCUT2D eigenvalue weighted by Gasteiger charge is 2.74. The van der Waals surface area contributed by atoms with Gasteiger partial charge in [-0.15, -0.1) is 0 Å². The van der Waals surface area contributed by atoms with E-state index in [-0.39, 0.29) is 0 Å². The fraction of sp³-hybridized carbons (Fsp3) is 0.400. The lowest BCUT2D eigenvalue weighted by molar-refractivity contribution is -0.441. The van der Waals surface area contributed by atoms with Crippen LogP contribution >= 0.6 is 11.8 Å². The Labute approximate surface area is 133 Å². The van der Waals surface area contributed by atoms with E-state index in [1.165, 1.54) is 6.07 Å². The molecular formula is C10H6F8O4S2. The first-order chi connectivity index (χ1) is 10.5. The monoisotopic (exact) mass is 406 g/mol. The second kappa shape index (κ2) is 6.31. The van der Waals surface area contributed by atoms with Crippen LogP contribution in [-0.2, 0) is 14.9 Å². The molecule has 0 atom stereocenters. The second-order valence-electron chi connectivity index (χ2n) is 4.06. The van der Waals surface area contributed by atoms with Gasteiger partial charge in [0.1, 0.15) is 0 Å². The van der Waals surface area contributed by atoms with Gasteiger partial charge in [-0.1, -0.05) is 18.2 Å². The van der Waals surface area contributed by atoms with Crippen molar-refractivity contribution in [1.82, 2.24) is 0 Å². The van der Waals surface area contributed by atoms with Crippen LogP contribution in [0.2, 0.25) is 0 Å². The lowest BCUT2D eigenvalue weighted by Gasteiger charge is -2.31. The summed E-state index contributed by atoms with van der Waals surface area (Å²) in [5.41, 5.74) is 0. The number of halogens is 8. The Balaban J connectivity index is 3.10. The van der Waals surface area contributed by atoms with Crippen LogP contribution in [0.15, 0.2) is 35.2 Å². The molecule has 138 valence electrons. The molecule has 0 aliphatic rings. The van der Waals surface area contributed by atoms with Gasteiger partial charge >= 0.3 is 32.8 Å². The van der Waals surface area contributed by atoms with E-state index < -0.39 is 49.5 Å². The molecule has 0 heterocycles. The summed E-state index contributed by atoms with van der Waals surface area (Å²) in [5.74, 6) is 0. The highest BCUT2D eigenvalue weighted by Crippen LogP contribution is 2.51. The fourth-order valence-corrected chi connectivity index (χ4v) is 2.22. The smallest absolute Gasteiger partial charge is 0.281 e. The van der Waals surface area contributed by atoms with Gasteiger partial charge in [0.15, 0.2) is 0 Å². The van der Waals surface area contributed by atoms with Crippen molar-refractivity contribution in [2.75, 3.05) is 0 Å². The van der Waals surface area contributed by atoms with Gasteiger partial charge < -0.3 is 0 Å². The predicted octanol–water partition coefficient (Wildman–Crippen LogP) is 4.05. The Kier molecular flexibility index (Phi) is 5.50. The zero-order chi connectivity index (χ0) is 19.0. The molecule has 1 N–H and O–H groups in total. The minimum Gasteiger partial charge on any atom is -0.281 e. The van der Waals surface area contributed by atoms with E-state index in [0.29, 0.717) is 0 Å². The minimum absolute atomic E-state index is 0.546. The summed E-state index contributed by atoms with van der Waals surface area (Å²) in [6.45, 7) is 0. The normalized spacial score (nSPS) is 14.7. The minimum atomic E-state index is -6.93. The van der Waals surface area contributed by atoms with Crippen molar-refractivity contribution in [3.05, 3.63) is 30.3 Å². The van der Waals surface area contributed by atoms with Crippen LogP contribution < -0.4 is 0 Å². The molecule has 0 bridgehead atoms. The molecule has 0 saturated carbocycles. The second-order valence-corrected chi connectivity index (χ2v) is 6.71. The van der Waals surface area contributed by atoms with Gasteiger partial charge in [-0.05, 0) is 23.9 Å². The lowest BCUT2D eigenvalue weighted by atomic mass is 10.4. The average Bonchev–Trinajstić information content (AvgIpc) is 2.36. The molecule has 0 aliphatic carbocycles. The highest BCUT2D eigenvalue weighted by atomic mass is 32.2. The molecular weight excluding hydrogens is 400 g/mol. The van der Waals surface area contributed by atoms with Gasteiger partial charge in [-0.25, -0.2) is 4.74 Å². The van der Waals surface area contributed by atoms with E-state index >= 15 is 0 Å². The van der Waals surface area contributed by atoms with E-state index in [0.717, 1.165) is 24.3 Å². The van der Waals surface area contributed by atoms with Crippen LogP contribution in [0.1, 0.15) is 0 Å². The third-order valence-corrected chi connectivity index (χ3v) is 4.13. The van der Waals surface area contributed by atoms with Gasteiger partial charge in [0.25, 0.3) is 0 Å². The Morgan fingerprint density at radius 2 is 1.33 bits per heavy atom. The quantitative estimate of drug-likeness (QED) is 0.421. The van der Waals surface area contributed by atoms with Gasteiger partial charge in [-0.3, -0.25) is 4.55 Å². The molecule has 1 aromatic rings. The molecule has 0 amide bonds. The van der Waals surface area contributed by atoms with E-state index in [1.807, 2.05) is 0 Å². The molecule has 1 rings (SSSR count). The van der Waals surface area contributed by atoms with Crippen molar-refractivity contribution < 1.29 is 52.8 Å².